The normalized spacial score (nSPS) is 13.7. The topological polar surface area (TPSA) is 21.7 Å². The van der Waals surface area contributed by atoms with Crippen molar-refractivity contribution in [1.82, 2.24) is 9.67 Å². The van der Waals surface area contributed by atoms with Crippen LogP contribution in [0.2, 0.25) is 0 Å². The predicted molar refractivity (Wildman–Crippen MR) is 88.6 cm³/mol. The third kappa shape index (κ3) is 1.35. The molecule has 1 aliphatic carbocycles. The van der Waals surface area contributed by atoms with Gasteiger partial charge in [-0.05, 0) is 40.8 Å². The first-order valence-corrected chi connectivity index (χ1v) is 7.99. The highest BCUT2D eigenvalue weighted by atomic mass is 15.4. The van der Waals surface area contributed by atoms with Gasteiger partial charge in [0.25, 0.3) is 0 Å². The minimum atomic E-state index is 0.946. The van der Waals surface area contributed by atoms with Crippen LogP contribution in [0.15, 0.2) is 61.1 Å². The van der Waals surface area contributed by atoms with Gasteiger partial charge in [0.15, 0.2) is 6.54 Å². The first kappa shape index (κ1) is 11.6. The number of hydrogen-bond acceptors (Lipinski definition) is 1. The largest absolute Gasteiger partial charge is 0.264 e. The lowest BCUT2D eigenvalue weighted by molar-refractivity contribution is -0.749. The Morgan fingerprint density at radius 1 is 0.957 bits per heavy atom. The van der Waals surface area contributed by atoms with Crippen molar-refractivity contribution >= 4 is 10.9 Å². The SMILES string of the molecule is c1ccc2c(c1)Cc1c-2ccc2c1C[n+]1cc3cnccc3n1-2. The van der Waals surface area contributed by atoms with Crippen LogP contribution in [0.25, 0.3) is 27.7 Å². The Morgan fingerprint density at radius 2 is 1.91 bits per heavy atom. The van der Waals surface area contributed by atoms with E-state index in [9.17, 15) is 0 Å². The predicted octanol–water partition coefficient (Wildman–Crippen LogP) is 3.25. The van der Waals surface area contributed by atoms with Gasteiger partial charge in [0.05, 0.1) is 10.9 Å². The summed E-state index contributed by atoms with van der Waals surface area (Å²) in [4.78, 5) is 4.24. The summed E-state index contributed by atoms with van der Waals surface area (Å²) in [7, 11) is 0. The summed E-state index contributed by atoms with van der Waals surface area (Å²) < 4.78 is 4.63. The minimum absolute atomic E-state index is 0.946. The number of fused-ring (bicyclic) bond motifs is 9. The summed E-state index contributed by atoms with van der Waals surface area (Å²) in [6.45, 7) is 0.946. The molecule has 0 radical (unpaired) electrons. The Bertz CT molecular complexity index is 1120. The molecule has 0 N–H and O–H groups in total. The van der Waals surface area contributed by atoms with E-state index in [2.05, 4.69) is 63.0 Å². The fourth-order valence-corrected chi connectivity index (χ4v) is 4.23. The molecular weight excluding hydrogens is 282 g/mol. The van der Waals surface area contributed by atoms with Gasteiger partial charge in [0.2, 0.25) is 6.20 Å². The number of aromatic nitrogens is 3. The second-order valence-electron chi connectivity index (χ2n) is 6.40. The van der Waals surface area contributed by atoms with Gasteiger partial charge < -0.3 is 0 Å². The number of pyridine rings is 1. The summed E-state index contributed by atoms with van der Waals surface area (Å²) in [5.74, 6) is 0. The molecule has 2 aliphatic rings. The molecule has 0 atom stereocenters. The van der Waals surface area contributed by atoms with E-state index in [-0.39, 0.29) is 0 Å². The van der Waals surface area contributed by atoms with Crippen molar-refractivity contribution in [3.8, 4) is 16.8 Å². The third-order valence-electron chi connectivity index (χ3n) is 5.23. The van der Waals surface area contributed by atoms with Gasteiger partial charge in [0.1, 0.15) is 11.2 Å². The van der Waals surface area contributed by atoms with Crippen LogP contribution in [0.4, 0.5) is 0 Å². The Morgan fingerprint density at radius 3 is 2.91 bits per heavy atom. The average Bonchev–Trinajstić information content (AvgIpc) is 3.23. The fraction of sp³-hybridized carbons (Fsp3) is 0.100. The second-order valence-corrected chi connectivity index (χ2v) is 6.40. The van der Waals surface area contributed by atoms with E-state index in [0.29, 0.717) is 0 Å². The van der Waals surface area contributed by atoms with Crippen LogP contribution in [0.5, 0.6) is 0 Å². The van der Waals surface area contributed by atoms with E-state index in [1.807, 2.05) is 12.4 Å². The molecule has 2 aromatic heterocycles. The monoisotopic (exact) mass is 296 g/mol. The summed E-state index contributed by atoms with van der Waals surface area (Å²) in [5, 5.41) is 1.20. The number of hydrogen-bond donors (Lipinski definition) is 0. The Balaban J connectivity index is 1.64. The fourth-order valence-electron chi connectivity index (χ4n) is 4.23. The lowest BCUT2D eigenvalue weighted by Crippen LogP contribution is -2.36. The average molecular weight is 296 g/mol. The molecule has 4 aromatic rings. The van der Waals surface area contributed by atoms with Crippen LogP contribution in [0, 0.1) is 0 Å². The Kier molecular flexibility index (Phi) is 1.95. The van der Waals surface area contributed by atoms with Gasteiger partial charge in [-0.1, -0.05) is 30.3 Å². The Hall–Kier alpha value is -2.94. The molecule has 0 amide bonds. The van der Waals surface area contributed by atoms with E-state index < -0.39 is 0 Å². The molecule has 3 heterocycles. The maximum atomic E-state index is 4.24. The van der Waals surface area contributed by atoms with E-state index >= 15 is 0 Å². The minimum Gasteiger partial charge on any atom is -0.264 e. The van der Waals surface area contributed by atoms with Gasteiger partial charge >= 0.3 is 0 Å². The van der Waals surface area contributed by atoms with Crippen molar-refractivity contribution < 1.29 is 4.68 Å². The van der Waals surface area contributed by atoms with Gasteiger partial charge in [-0.3, -0.25) is 4.98 Å². The molecule has 0 spiro atoms. The van der Waals surface area contributed by atoms with Crippen molar-refractivity contribution in [2.45, 2.75) is 13.0 Å². The van der Waals surface area contributed by atoms with E-state index in [1.54, 1.807) is 0 Å². The van der Waals surface area contributed by atoms with Gasteiger partial charge in [0, 0.05) is 12.4 Å². The molecule has 1 aliphatic heterocycles. The van der Waals surface area contributed by atoms with Crippen molar-refractivity contribution in [2.24, 2.45) is 0 Å². The lowest BCUT2D eigenvalue weighted by Gasteiger charge is -2.04. The zero-order valence-electron chi connectivity index (χ0n) is 12.5. The highest BCUT2D eigenvalue weighted by Gasteiger charge is 2.33. The molecule has 6 rings (SSSR count). The number of benzene rings is 2. The molecule has 0 unspecified atom stereocenters. The zero-order chi connectivity index (χ0) is 15.0. The first-order valence-electron chi connectivity index (χ1n) is 7.99. The summed E-state index contributed by atoms with van der Waals surface area (Å²) in [6, 6.07) is 15.5. The third-order valence-corrected chi connectivity index (χ3v) is 5.23. The smallest absolute Gasteiger partial charge is 0.205 e. The van der Waals surface area contributed by atoms with E-state index in [1.165, 1.54) is 44.4 Å². The molecule has 0 saturated heterocycles. The molecule has 3 heteroatoms. The van der Waals surface area contributed by atoms with Crippen molar-refractivity contribution in [3.63, 3.8) is 0 Å². The van der Waals surface area contributed by atoms with Crippen molar-refractivity contribution in [2.75, 3.05) is 0 Å². The summed E-state index contributed by atoms with van der Waals surface area (Å²) >= 11 is 0. The van der Waals surface area contributed by atoms with Gasteiger partial charge in [-0.2, -0.15) is 0 Å². The van der Waals surface area contributed by atoms with E-state index in [0.717, 1.165) is 13.0 Å². The second kappa shape index (κ2) is 3.87. The highest BCUT2D eigenvalue weighted by Crippen LogP contribution is 2.41. The van der Waals surface area contributed by atoms with Crippen LogP contribution in [0.3, 0.4) is 0 Å². The highest BCUT2D eigenvalue weighted by molar-refractivity contribution is 5.82. The van der Waals surface area contributed by atoms with Crippen LogP contribution in [-0.2, 0) is 13.0 Å². The quantitative estimate of drug-likeness (QED) is 0.394. The maximum Gasteiger partial charge on any atom is 0.205 e. The standard InChI is InChI=1S/C20H14N3/c1-2-4-15-13(3-1)9-17-16(15)5-6-20-18(17)12-22-11-14-10-21-8-7-19(14)23(20)22/h1-8,10-11H,9,12H2/q+1. The van der Waals surface area contributed by atoms with Crippen molar-refractivity contribution in [1.29, 1.82) is 0 Å². The first-order chi connectivity index (χ1) is 11.4. The maximum absolute atomic E-state index is 4.24. The molecule has 0 saturated carbocycles. The van der Waals surface area contributed by atoms with Crippen molar-refractivity contribution in [3.05, 3.63) is 77.7 Å². The molecule has 0 bridgehead atoms. The zero-order valence-corrected chi connectivity index (χ0v) is 12.5. The Labute approximate surface area is 133 Å². The molecule has 3 nitrogen and oxygen atoms in total. The van der Waals surface area contributed by atoms with Crippen LogP contribution in [-0.4, -0.2) is 9.67 Å². The molecule has 2 aromatic carbocycles. The summed E-state index contributed by atoms with van der Waals surface area (Å²) in [6.07, 6.45) is 7.07. The molecule has 23 heavy (non-hydrogen) atoms. The van der Waals surface area contributed by atoms with Crippen LogP contribution in [0.1, 0.15) is 16.7 Å². The molecule has 0 fully saturated rings. The lowest BCUT2D eigenvalue weighted by atomic mass is 10.00. The van der Waals surface area contributed by atoms with Gasteiger partial charge in [-0.15, -0.1) is 9.36 Å². The molecule has 108 valence electrons. The summed E-state index contributed by atoms with van der Waals surface area (Å²) in [5.41, 5.74) is 9.79. The number of rotatable bonds is 0. The van der Waals surface area contributed by atoms with Gasteiger partial charge in [-0.25, -0.2) is 0 Å². The van der Waals surface area contributed by atoms with Crippen LogP contribution >= 0.6 is 0 Å². The van der Waals surface area contributed by atoms with Crippen LogP contribution < -0.4 is 4.68 Å². The van der Waals surface area contributed by atoms with E-state index in [4.69, 9.17) is 0 Å². The molecular formula is C20H14N3+. The number of nitrogens with zero attached hydrogens (tertiary/aromatic N) is 3.